The number of halogens is 1. The summed E-state index contributed by atoms with van der Waals surface area (Å²) in [7, 11) is 6.65. The van der Waals surface area contributed by atoms with Gasteiger partial charge < -0.3 is 31.5 Å². The average molecular weight is 809 g/mol. The molecule has 0 unspecified atom stereocenters. The van der Waals surface area contributed by atoms with Crippen molar-refractivity contribution >= 4 is 63.6 Å². The molecule has 0 atom stereocenters. The molecule has 4 rings (SSSR count). The molecular weight excluding hydrogens is 756 g/mol. The van der Waals surface area contributed by atoms with Gasteiger partial charge in [0, 0.05) is 63.8 Å². The average Bonchev–Trinajstić information content (AvgIpc) is 3.11. The lowest BCUT2D eigenvalue weighted by Crippen LogP contribution is -2.30. The predicted molar refractivity (Wildman–Crippen MR) is 225 cm³/mol. The fourth-order valence-corrected chi connectivity index (χ4v) is 5.56. The summed E-state index contributed by atoms with van der Waals surface area (Å²) < 4.78 is 0. The number of hydrogen-bond donors (Lipinski definition) is 4. The number of aromatic nitrogens is 4. The molecule has 308 valence electrons. The van der Waals surface area contributed by atoms with E-state index in [0.29, 0.717) is 35.6 Å². The number of nitrogen functional groups attached to an aromatic ring is 1. The summed E-state index contributed by atoms with van der Waals surface area (Å²) in [5.41, 5.74) is 9.17. The molecule has 0 saturated heterocycles. The number of carbonyl (C=O) groups excluding carboxylic acids is 2. The minimum Gasteiger partial charge on any atom is -0.398 e. The Morgan fingerprint density at radius 3 is 1.61 bits per heavy atom. The predicted octanol–water partition coefficient (Wildman–Crippen LogP) is 6.74. The first-order valence-electron chi connectivity index (χ1n) is 17.6. The number of nitrogens with zero attached hydrogens (tertiary/aromatic N) is 8. The summed E-state index contributed by atoms with van der Waals surface area (Å²) >= 11 is 5.72. The number of rotatable bonds is 10. The quantitative estimate of drug-likeness (QED) is 0.0562. The number of nitrogens with one attached hydrogen (secondary N) is 3. The van der Waals surface area contributed by atoms with Crippen LogP contribution in [0.1, 0.15) is 73.4 Å². The minimum atomic E-state index is -0.559. The summed E-state index contributed by atoms with van der Waals surface area (Å²) in [5, 5.41) is 30.7. The number of hydrogen-bond acceptors (Lipinski definition) is 14. The van der Waals surface area contributed by atoms with E-state index in [2.05, 4.69) is 35.9 Å². The van der Waals surface area contributed by atoms with E-state index in [1.807, 2.05) is 61.5 Å². The number of nitrogens with two attached hydrogens (primary N) is 1. The van der Waals surface area contributed by atoms with Gasteiger partial charge in [-0.15, -0.1) is 0 Å². The van der Waals surface area contributed by atoms with E-state index in [1.165, 1.54) is 12.7 Å². The lowest BCUT2D eigenvalue weighted by molar-refractivity contribution is -0.384. The fraction of sp³-hybridized carbons (Fsp3) is 0.421. The van der Waals surface area contributed by atoms with Crippen molar-refractivity contribution in [3.05, 3.63) is 96.7 Å². The Bertz CT molecular complexity index is 2070. The first-order valence-corrected chi connectivity index (χ1v) is 18.0. The lowest BCUT2D eigenvalue weighted by atomic mass is 9.96. The van der Waals surface area contributed by atoms with Crippen molar-refractivity contribution in [3.63, 3.8) is 0 Å². The van der Waals surface area contributed by atoms with Crippen LogP contribution in [0.5, 0.6) is 0 Å². The van der Waals surface area contributed by atoms with Crippen LogP contribution in [0, 0.1) is 44.9 Å². The van der Waals surface area contributed by atoms with Crippen molar-refractivity contribution in [2.45, 2.75) is 55.4 Å². The van der Waals surface area contributed by atoms with Crippen LogP contribution in [0.3, 0.4) is 0 Å². The largest absolute Gasteiger partial charge is 0.398 e. The summed E-state index contributed by atoms with van der Waals surface area (Å²) in [6.07, 6.45) is 2.52. The van der Waals surface area contributed by atoms with E-state index in [1.54, 1.807) is 68.3 Å². The summed E-state index contributed by atoms with van der Waals surface area (Å²) in [5.74, 6) is 0.197. The molecule has 0 fully saturated rings. The number of aryl methyl sites for hydroxylation is 2. The minimum absolute atomic E-state index is 0.0000444. The van der Waals surface area contributed by atoms with Crippen molar-refractivity contribution in [1.82, 2.24) is 30.6 Å². The number of anilines is 5. The van der Waals surface area contributed by atoms with Gasteiger partial charge in [-0.3, -0.25) is 29.8 Å². The maximum Gasteiger partial charge on any atom is 0.353 e. The van der Waals surface area contributed by atoms with Gasteiger partial charge >= 0.3 is 11.4 Å². The molecule has 0 saturated carbocycles. The van der Waals surface area contributed by atoms with E-state index < -0.39 is 9.85 Å². The monoisotopic (exact) mass is 808 g/mol. The van der Waals surface area contributed by atoms with Crippen LogP contribution >= 0.6 is 11.6 Å². The van der Waals surface area contributed by atoms with Crippen molar-refractivity contribution in [3.8, 4) is 0 Å². The van der Waals surface area contributed by atoms with Gasteiger partial charge in [0.25, 0.3) is 11.8 Å². The van der Waals surface area contributed by atoms with Crippen LogP contribution in [-0.2, 0) is 0 Å². The Hall–Kier alpha value is -6.17. The normalized spacial score (nSPS) is 10.8. The topological polar surface area (TPSA) is 241 Å². The van der Waals surface area contributed by atoms with Crippen LogP contribution in [0.2, 0.25) is 5.15 Å². The second-order valence-corrected chi connectivity index (χ2v) is 15.8. The highest BCUT2D eigenvalue weighted by Gasteiger charge is 2.29. The van der Waals surface area contributed by atoms with Crippen LogP contribution in [0.4, 0.5) is 40.2 Å². The van der Waals surface area contributed by atoms with Gasteiger partial charge in [-0.05, 0) is 60.1 Å². The molecule has 0 radical (unpaired) electrons. The van der Waals surface area contributed by atoms with Gasteiger partial charge in [0.15, 0.2) is 0 Å². The second-order valence-electron chi connectivity index (χ2n) is 15.5. The van der Waals surface area contributed by atoms with Crippen LogP contribution in [0.25, 0.3) is 0 Å². The van der Waals surface area contributed by atoms with Gasteiger partial charge in [0.05, 0.1) is 9.85 Å². The molecule has 2 aromatic heterocycles. The zero-order chi connectivity index (χ0) is 43.4. The smallest absolute Gasteiger partial charge is 0.353 e. The lowest BCUT2D eigenvalue weighted by Gasteiger charge is -2.27. The van der Waals surface area contributed by atoms with Crippen LogP contribution in [0.15, 0.2) is 49.1 Å². The highest BCUT2D eigenvalue weighted by Crippen LogP contribution is 2.35. The second kappa shape index (κ2) is 20.1. The molecule has 2 amide bonds. The van der Waals surface area contributed by atoms with Crippen molar-refractivity contribution in [2.24, 2.45) is 10.8 Å². The fourth-order valence-electron chi connectivity index (χ4n) is 5.36. The van der Waals surface area contributed by atoms with E-state index >= 15 is 0 Å². The van der Waals surface area contributed by atoms with Gasteiger partial charge in [-0.25, -0.2) is 19.9 Å². The summed E-state index contributed by atoms with van der Waals surface area (Å²) in [6.45, 7) is 17.2. The van der Waals surface area contributed by atoms with E-state index in [4.69, 9.17) is 17.3 Å². The highest BCUT2D eigenvalue weighted by molar-refractivity contribution is 6.31. The number of nitro groups is 2. The molecule has 2 aromatic carbocycles. The third-order valence-corrected chi connectivity index (χ3v) is 8.10. The maximum atomic E-state index is 11.9. The highest BCUT2D eigenvalue weighted by atomic mass is 35.5. The zero-order valence-electron chi connectivity index (χ0n) is 34.5. The molecule has 0 bridgehead atoms. The van der Waals surface area contributed by atoms with Gasteiger partial charge in [-0.2, -0.15) is 0 Å². The Morgan fingerprint density at radius 1 is 0.737 bits per heavy atom. The Labute approximate surface area is 338 Å². The number of carbonyl (C=O) groups is 2. The molecule has 0 spiro atoms. The van der Waals surface area contributed by atoms with Crippen molar-refractivity contribution in [1.29, 1.82) is 0 Å². The Balaban J connectivity index is 0.000000327. The van der Waals surface area contributed by atoms with Gasteiger partial charge in [-0.1, -0.05) is 65.3 Å². The molecule has 19 heteroatoms. The number of amides is 2. The zero-order valence-corrected chi connectivity index (χ0v) is 35.3. The summed E-state index contributed by atoms with van der Waals surface area (Å²) in [6, 6.07) is 10.4. The maximum absolute atomic E-state index is 11.9. The Kier molecular flexibility index (Phi) is 16.6. The van der Waals surface area contributed by atoms with Crippen LogP contribution in [-0.4, -0.2) is 82.9 Å². The van der Waals surface area contributed by atoms with E-state index in [0.717, 1.165) is 11.1 Å². The third-order valence-electron chi connectivity index (χ3n) is 7.82. The first-order chi connectivity index (χ1) is 26.4. The molecule has 5 N–H and O–H groups in total. The SMILES string of the molecule is CN(CC(C)(C)C)c1ncnc(Cl)c1[N+](=O)[O-].CNC(=O)c1ccc(C)c(N)c1.CNC(=O)c1ccc(C)c(Nc2ncnc(N(C)CC(C)(C)C)c2[N+](=O)[O-])c1. The molecule has 2 heterocycles. The molecular formula is C38H53ClN12O6. The van der Waals surface area contributed by atoms with Crippen LogP contribution < -0.4 is 31.5 Å². The Morgan fingerprint density at radius 2 is 1.18 bits per heavy atom. The van der Waals surface area contributed by atoms with E-state index in [9.17, 15) is 29.8 Å². The van der Waals surface area contributed by atoms with Gasteiger partial charge in [0.1, 0.15) is 12.7 Å². The number of benzene rings is 2. The van der Waals surface area contributed by atoms with Crippen molar-refractivity contribution in [2.75, 3.05) is 62.1 Å². The third kappa shape index (κ3) is 14.1. The molecule has 4 aromatic rings. The standard InChI is InChI=1S/C19H26N6O3.C10H15ClN4O2.C9H12N2O/c1-12-7-8-13(18(26)20-5)9-14(12)23-16-15(25(27)28)17(22-11-21-16)24(6)10-19(2,3)4;1-10(2,3)5-14(4)9-7(15(16)17)8(11)12-6-13-9;1-6-3-4-7(5-8(6)10)9(12)11-2/h7-9,11H,10H2,1-6H3,(H,20,26)(H,21,22,23);6H,5H2,1-4H3;3-5H,10H2,1-2H3,(H,11,12). The first kappa shape index (κ1) is 47.0. The van der Waals surface area contributed by atoms with Gasteiger partial charge in [0.2, 0.25) is 22.6 Å². The molecule has 57 heavy (non-hydrogen) atoms. The summed E-state index contributed by atoms with van der Waals surface area (Å²) in [4.78, 5) is 63.9. The molecule has 0 aliphatic heterocycles. The van der Waals surface area contributed by atoms with E-state index in [-0.39, 0.29) is 56.6 Å². The molecule has 0 aliphatic rings. The molecule has 18 nitrogen and oxygen atoms in total. The van der Waals surface area contributed by atoms with Crippen molar-refractivity contribution < 1.29 is 19.4 Å². The molecule has 0 aliphatic carbocycles.